The summed E-state index contributed by atoms with van der Waals surface area (Å²) in [5.41, 5.74) is -1.00. The van der Waals surface area contributed by atoms with E-state index in [9.17, 15) is 9.90 Å². The van der Waals surface area contributed by atoms with E-state index in [-0.39, 0.29) is 12.5 Å². The number of nitrogens with zero attached hydrogens (tertiary/aromatic N) is 1. The normalized spacial score (nSPS) is 13.5. The third kappa shape index (κ3) is 3.36. The van der Waals surface area contributed by atoms with Crippen LogP contribution < -0.4 is 5.32 Å². The first kappa shape index (κ1) is 15.9. The number of hydrogen-bond donors (Lipinski definition) is 2. The first-order chi connectivity index (χ1) is 11.1. The molecule has 2 N–H and O–H groups in total. The number of nitrogens with one attached hydrogen (secondary N) is 1. The van der Waals surface area contributed by atoms with Crippen molar-refractivity contribution in [2.75, 3.05) is 6.54 Å². The van der Waals surface area contributed by atoms with E-state index < -0.39 is 5.60 Å². The molecule has 0 saturated heterocycles. The third-order valence-electron chi connectivity index (χ3n) is 3.33. The number of halogens is 1. The lowest BCUT2D eigenvalue weighted by molar-refractivity contribution is 0.0554. The topological polar surface area (TPSA) is 75.4 Å². The van der Waals surface area contributed by atoms with Crippen LogP contribution in [0.5, 0.6) is 0 Å². The van der Waals surface area contributed by atoms with Crippen molar-refractivity contribution in [3.05, 3.63) is 75.0 Å². The highest BCUT2D eigenvalue weighted by Gasteiger charge is 2.36. The van der Waals surface area contributed by atoms with Crippen LogP contribution in [0.1, 0.15) is 21.0 Å². The summed E-state index contributed by atoms with van der Waals surface area (Å²) in [7, 11) is 0. The lowest BCUT2D eigenvalue weighted by Crippen LogP contribution is -2.41. The Morgan fingerprint density at radius 3 is 2.91 bits per heavy atom. The molecule has 0 radical (unpaired) electrons. The number of furan rings is 1. The second kappa shape index (κ2) is 6.66. The van der Waals surface area contributed by atoms with Gasteiger partial charge in [0.15, 0.2) is 5.60 Å². The Balaban J connectivity index is 1.82. The second-order valence-electron chi connectivity index (χ2n) is 4.89. The van der Waals surface area contributed by atoms with Crippen LogP contribution in [0.25, 0.3) is 0 Å². The van der Waals surface area contributed by atoms with Gasteiger partial charge in [-0.25, -0.2) is 0 Å². The molecular weight excluding hydrogens is 380 g/mol. The molecule has 0 aliphatic heterocycles. The highest BCUT2D eigenvalue weighted by atomic mass is 79.9. The minimum absolute atomic E-state index is 0.00757. The summed E-state index contributed by atoms with van der Waals surface area (Å²) < 4.78 is 6.08. The summed E-state index contributed by atoms with van der Waals surface area (Å²) in [6.45, 7) is -0.00757. The van der Waals surface area contributed by atoms with Crippen molar-refractivity contribution in [1.29, 1.82) is 0 Å². The number of amides is 1. The van der Waals surface area contributed by atoms with Gasteiger partial charge in [0.25, 0.3) is 5.91 Å². The minimum atomic E-state index is -1.41. The van der Waals surface area contributed by atoms with E-state index in [1.54, 1.807) is 30.5 Å². The quantitative estimate of drug-likeness (QED) is 0.698. The number of thiophene rings is 1. The summed E-state index contributed by atoms with van der Waals surface area (Å²) >= 11 is 4.68. The number of rotatable bonds is 5. The van der Waals surface area contributed by atoms with Crippen molar-refractivity contribution in [2.24, 2.45) is 0 Å². The molecule has 0 unspecified atom stereocenters. The smallest absolute Gasteiger partial charge is 0.253 e. The molecule has 0 bridgehead atoms. The number of hydrogen-bond acceptors (Lipinski definition) is 5. The van der Waals surface area contributed by atoms with Gasteiger partial charge < -0.3 is 14.8 Å². The third-order valence-corrected chi connectivity index (χ3v) is 4.78. The van der Waals surface area contributed by atoms with E-state index in [4.69, 9.17) is 4.42 Å². The van der Waals surface area contributed by atoms with Gasteiger partial charge in [0.1, 0.15) is 5.76 Å². The van der Waals surface area contributed by atoms with Crippen molar-refractivity contribution < 1.29 is 14.3 Å². The van der Waals surface area contributed by atoms with Crippen LogP contribution in [0.3, 0.4) is 0 Å². The Kier molecular flexibility index (Phi) is 4.61. The molecule has 0 saturated carbocycles. The van der Waals surface area contributed by atoms with Gasteiger partial charge in [0, 0.05) is 21.7 Å². The fraction of sp³-hybridized carbons (Fsp3) is 0.125. The minimum Gasteiger partial charge on any atom is -0.466 e. The molecule has 1 amide bonds. The molecule has 3 aromatic rings. The number of aliphatic hydroxyl groups is 1. The molecule has 23 heavy (non-hydrogen) atoms. The molecule has 0 spiro atoms. The Hall–Kier alpha value is -1.96. The van der Waals surface area contributed by atoms with Gasteiger partial charge in [-0.15, -0.1) is 11.3 Å². The molecule has 7 heteroatoms. The Morgan fingerprint density at radius 2 is 2.26 bits per heavy atom. The van der Waals surface area contributed by atoms with Crippen LogP contribution in [0.15, 0.2) is 63.3 Å². The first-order valence-corrected chi connectivity index (χ1v) is 8.46. The van der Waals surface area contributed by atoms with Gasteiger partial charge in [-0.05, 0) is 45.6 Å². The van der Waals surface area contributed by atoms with E-state index in [1.165, 1.54) is 23.8 Å². The van der Waals surface area contributed by atoms with Crippen LogP contribution in [0, 0.1) is 0 Å². The zero-order valence-corrected chi connectivity index (χ0v) is 14.3. The van der Waals surface area contributed by atoms with Crippen molar-refractivity contribution >= 4 is 33.2 Å². The predicted octanol–water partition coefficient (Wildman–Crippen LogP) is 3.16. The summed E-state index contributed by atoms with van der Waals surface area (Å²) in [5, 5.41) is 15.7. The van der Waals surface area contributed by atoms with Crippen molar-refractivity contribution in [1.82, 2.24) is 10.3 Å². The van der Waals surface area contributed by atoms with Gasteiger partial charge in [-0.1, -0.05) is 6.07 Å². The molecule has 1 atom stereocenters. The van der Waals surface area contributed by atoms with Gasteiger partial charge in [-0.3, -0.25) is 9.78 Å². The largest absolute Gasteiger partial charge is 0.466 e. The van der Waals surface area contributed by atoms with Gasteiger partial charge in [0.05, 0.1) is 18.4 Å². The second-order valence-corrected chi connectivity index (χ2v) is 6.75. The number of aromatic nitrogens is 1. The van der Waals surface area contributed by atoms with Crippen LogP contribution in [-0.4, -0.2) is 22.5 Å². The molecule has 0 fully saturated rings. The number of carbonyl (C=O) groups is 1. The zero-order chi connectivity index (χ0) is 16.3. The average molecular weight is 393 g/mol. The van der Waals surface area contributed by atoms with E-state index in [2.05, 4.69) is 26.2 Å². The molecule has 0 aromatic carbocycles. The van der Waals surface area contributed by atoms with Crippen LogP contribution in [0.4, 0.5) is 0 Å². The van der Waals surface area contributed by atoms with Crippen molar-refractivity contribution in [2.45, 2.75) is 5.60 Å². The lowest BCUT2D eigenvalue weighted by Gasteiger charge is -2.25. The number of pyridine rings is 1. The molecule has 118 valence electrons. The summed E-state index contributed by atoms with van der Waals surface area (Å²) in [6.07, 6.45) is 4.56. The van der Waals surface area contributed by atoms with E-state index in [1.807, 2.05) is 11.4 Å². The molecule has 3 rings (SSSR count). The van der Waals surface area contributed by atoms with E-state index >= 15 is 0 Å². The maximum Gasteiger partial charge on any atom is 0.253 e. The molecule has 0 aliphatic carbocycles. The highest BCUT2D eigenvalue weighted by Crippen LogP contribution is 2.32. The zero-order valence-electron chi connectivity index (χ0n) is 11.9. The van der Waals surface area contributed by atoms with Gasteiger partial charge in [0.2, 0.25) is 0 Å². The standard InChI is InChI=1S/C16H13BrN2O3S/c17-12-7-11(8-18-9-12)15(20)19-10-16(21,13-3-1-5-22-13)14-4-2-6-23-14/h1-9,21H,10H2,(H,19,20)/t16-/m1/s1. The Morgan fingerprint density at radius 1 is 1.39 bits per heavy atom. The predicted molar refractivity (Wildman–Crippen MR) is 90.3 cm³/mol. The SMILES string of the molecule is O=C(NC[C@@](O)(c1ccco1)c1cccs1)c1cncc(Br)c1. The summed E-state index contributed by atoms with van der Waals surface area (Å²) in [5.74, 6) is 0.0629. The maximum absolute atomic E-state index is 12.3. The molecule has 3 heterocycles. The first-order valence-electron chi connectivity index (χ1n) is 6.79. The van der Waals surface area contributed by atoms with Crippen LogP contribution in [0.2, 0.25) is 0 Å². The monoisotopic (exact) mass is 392 g/mol. The molecule has 5 nitrogen and oxygen atoms in total. The van der Waals surface area contributed by atoms with Gasteiger partial charge in [-0.2, -0.15) is 0 Å². The fourth-order valence-corrected chi connectivity index (χ4v) is 3.36. The van der Waals surface area contributed by atoms with Crippen LogP contribution in [-0.2, 0) is 5.60 Å². The van der Waals surface area contributed by atoms with Gasteiger partial charge >= 0.3 is 0 Å². The summed E-state index contributed by atoms with van der Waals surface area (Å²) in [6, 6.07) is 8.70. The van der Waals surface area contributed by atoms with Crippen molar-refractivity contribution in [3.8, 4) is 0 Å². The number of carbonyl (C=O) groups excluding carboxylic acids is 1. The Bertz CT molecular complexity index is 753. The lowest BCUT2D eigenvalue weighted by atomic mass is 9.98. The fourth-order valence-electron chi connectivity index (χ4n) is 2.17. The van der Waals surface area contributed by atoms with E-state index in [0.717, 1.165) is 0 Å². The highest BCUT2D eigenvalue weighted by molar-refractivity contribution is 9.10. The molecule has 0 aliphatic rings. The Labute approximate surface area is 145 Å². The molecular formula is C16H13BrN2O3S. The average Bonchev–Trinajstić information content (AvgIpc) is 3.25. The van der Waals surface area contributed by atoms with E-state index in [0.29, 0.717) is 20.7 Å². The summed E-state index contributed by atoms with van der Waals surface area (Å²) in [4.78, 5) is 16.9. The van der Waals surface area contributed by atoms with Crippen LogP contribution >= 0.6 is 27.3 Å². The maximum atomic E-state index is 12.3. The van der Waals surface area contributed by atoms with Crippen molar-refractivity contribution in [3.63, 3.8) is 0 Å². The molecule has 3 aromatic heterocycles.